The Labute approximate surface area is 200 Å². The standard InChI is InChI=1S/C24H48N2O7/c1-3-5-7-11-25-23(27)9-13-29-15-17-31-19-21-33-22-20-32-18-16-30-14-10-24(28)26-12-8-6-4-2/h3-22H2,1-2H3,(H,25,27)(H,26,28). The first kappa shape index (κ1) is 31.7. The second kappa shape index (κ2) is 27.0. The molecule has 0 aromatic rings. The zero-order valence-electron chi connectivity index (χ0n) is 21.0. The second-order valence-electron chi connectivity index (χ2n) is 7.68. The third-order valence-electron chi connectivity index (χ3n) is 4.64. The van der Waals surface area contributed by atoms with E-state index in [-0.39, 0.29) is 11.8 Å². The molecule has 0 unspecified atom stereocenters. The van der Waals surface area contributed by atoms with Gasteiger partial charge in [0.2, 0.25) is 11.8 Å². The fourth-order valence-corrected chi connectivity index (χ4v) is 2.69. The van der Waals surface area contributed by atoms with Gasteiger partial charge >= 0.3 is 0 Å². The summed E-state index contributed by atoms with van der Waals surface area (Å²) in [5, 5.41) is 5.77. The van der Waals surface area contributed by atoms with Gasteiger partial charge in [0.25, 0.3) is 0 Å². The van der Waals surface area contributed by atoms with Crippen molar-refractivity contribution in [2.45, 2.75) is 65.2 Å². The van der Waals surface area contributed by atoms with Gasteiger partial charge in [0.1, 0.15) is 0 Å². The molecule has 0 aliphatic carbocycles. The van der Waals surface area contributed by atoms with Gasteiger partial charge in [0, 0.05) is 25.9 Å². The minimum absolute atomic E-state index is 0.0368. The summed E-state index contributed by atoms with van der Waals surface area (Å²) in [6.07, 6.45) is 7.40. The molecule has 9 nitrogen and oxygen atoms in total. The number of unbranched alkanes of at least 4 members (excludes halogenated alkanes) is 4. The molecule has 2 amide bonds. The van der Waals surface area contributed by atoms with E-state index >= 15 is 0 Å². The minimum atomic E-state index is 0.0368. The lowest BCUT2D eigenvalue weighted by Crippen LogP contribution is -2.25. The summed E-state index contributed by atoms with van der Waals surface area (Å²) in [6.45, 7) is 10.4. The molecule has 196 valence electrons. The molecule has 0 radical (unpaired) electrons. The Hall–Kier alpha value is -1.26. The largest absolute Gasteiger partial charge is 0.379 e. The molecule has 0 aromatic carbocycles. The zero-order chi connectivity index (χ0) is 24.2. The average molecular weight is 477 g/mol. The van der Waals surface area contributed by atoms with Crippen molar-refractivity contribution >= 4 is 11.8 Å². The Balaban J connectivity index is 3.15. The Kier molecular flexibility index (Phi) is 26.0. The third kappa shape index (κ3) is 26.9. The topological polar surface area (TPSA) is 104 Å². The summed E-state index contributed by atoms with van der Waals surface area (Å²) in [5.41, 5.74) is 0. The summed E-state index contributed by atoms with van der Waals surface area (Å²) in [7, 11) is 0. The minimum Gasteiger partial charge on any atom is -0.379 e. The van der Waals surface area contributed by atoms with Crippen LogP contribution in [-0.2, 0) is 33.3 Å². The monoisotopic (exact) mass is 476 g/mol. The predicted octanol–water partition coefficient (Wildman–Crippen LogP) is 2.46. The van der Waals surface area contributed by atoms with Crippen LogP contribution in [-0.4, -0.2) is 91.0 Å². The van der Waals surface area contributed by atoms with Crippen LogP contribution in [0.15, 0.2) is 0 Å². The fourth-order valence-electron chi connectivity index (χ4n) is 2.69. The third-order valence-corrected chi connectivity index (χ3v) is 4.64. The van der Waals surface area contributed by atoms with E-state index in [9.17, 15) is 9.59 Å². The van der Waals surface area contributed by atoms with Crippen LogP contribution in [0.1, 0.15) is 65.2 Å². The van der Waals surface area contributed by atoms with E-state index < -0.39 is 0 Å². The van der Waals surface area contributed by atoms with Gasteiger partial charge in [0.05, 0.1) is 66.1 Å². The van der Waals surface area contributed by atoms with Crippen LogP contribution < -0.4 is 10.6 Å². The van der Waals surface area contributed by atoms with Crippen molar-refractivity contribution in [1.29, 1.82) is 0 Å². The number of nitrogens with one attached hydrogen (secondary N) is 2. The fraction of sp³-hybridized carbons (Fsp3) is 0.917. The molecule has 2 N–H and O–H groups in total. The van der Waals surface area contributed by atoms with E-state index in [2.05, 4.69) is 24.5 Å². The molecule has 0 saturated heterocycles. The summed E-state index contributed by atoms with van der Waals surface area (Å²) in [5.74, 6) is 0.0736. The summed E-state index contributed by atoms with van der Waals surface area (Å²) in [4.78, 5) is 23.1. The average Bonchev–Trinajstić information content (AvgIpc) is 2.81. The first-order chi connectivity index (χ1) is 16.2. The van der Waals surface area contributed by atoms with Gasteiger partial charge < -0.3 is 34.3 Å². The highest BCUT2D eigenvalue weighted by atomic mass is 16.6. The maximum absolute atomic E-state index is 11.6. The SMILES string of the molecule is CCCCCNC(=O)CCOCCOCCOCCOCCOCCC(=O)NCCCCC. The number of hydrogen-bond acceptors (Lipinski definition) is 7. The zero-order valence-corrected chi connectivity index (χ0v) is 21.0. The van der Waals surface area contributed by atoms with Crippen LogP contribution in [0, 0.1) is 0 Å². The molecule has 0 heterocycles. The molecule has 0 fully saturated rings. The highest BCUT2D eigenvalue weighted by Gasteiger charge is 2.01. The van der Waals surface area contributed by atoms with Crippen molar-refractivity contribution in [2.75, 3.05) is 79.2 Å². The molecule has 0 spiro atoms. The first-order valence-corrected chi connectivity index (χ1v) is 12.6. The first-order valence-electron chi connectivity index (χ1n) is 12.6. The number of rotatable bonds is 26. The van der Waals surface area contributed by atoms with Gasteiger partial charge in [-0.1, -0.05) is 39.5 Å². The van der Waals surface area contributed by atoms with E-state index in [1.54, 1.807) is 0 Å². The van der Waals surface area contributed by atoms with Crippen LogP contribution in [0.3, 0.4) is 0 Å². The smallest absolute Gasteiger partial charge is 0.222 e. The van der Waals surface area contributed by atoms with Crippen LogP contribution in [0.5, 0.6) is 0 Å². The predicted molar refractivity (Wildman–Crippen MR) is 128 cm³/mol. The van der Waals surface area contributed by atoms with Crippen molar-refractivity contribution in [3.8, 4) is 0 Å². The summed E-state index contributed by atoms with van der Waals surface area (Å²) < 4.78 is 27.0. The van der Waals surface area contributed by atoms with E-state index in [0.717, 1.165) is 51.6 Å². The lowest BCUT2D eigenvalue weighted by Gasteiger charge is -2.08. The number of hydrogen-bond donors (Lipinski definition) is 2. The molecule has 0 aromatic heterocycles. The normalized spacial score (nSPS) is 11.0. The van der Waals surface area contributed by atoms with Gasteiger partial charge in [0.15, 0.2) is 0 Å². The van der Waals surface area contributed by atoms with Gasteiger partial charge in [-0.3, -0.25) is 9.59 Å². The quantitative estimate of drug-likeness (QED) is 0.185. The van der Waals surface area contributed by atoms with Crippen LogP contribution >= 0.6 is 0 Å². The number of carbonyl (C=O) groups is 2. The van der Waals surface area contributed by atoms with Gasteiger partial charge in [-0.25, -0.2) is 0 Å². The Morgan fingerprint density at radius 3 is 1.09 bits per heavy atom. The molecule has 0 rings (SSSR count). The van der Waals surface area contributed by atoms with Crippen molar-refractivity contribution in [3.63, 3.8) is 0 Å². The van der Waals surface area contributed by atoms with Crippen molar-refractivity contribution in [3.05, 3.63) is 0 Å². The molecule has 0 atom stereocenters. The highest BCUT2D eigenvalue weighted by Crippen LogP contribution is 1.93. The molecule has 9 heteroatoms. The molecular formula is C24H48N2O7. The number of ether oxygens (including phenoxy) is 5. The van der Waals surface area contributed by atoms with E-state index in [1.807, 2.05) is 0 Å². The van der Waals surface area contributed by atoms with Gasteiger partial charge in [-0.15, -0.1) is 0 Å². The van der Waals surface area contributed by atoms with Crippen molar-refractivity contribution in [1.82, 2.24) is 10.6 Å². The summed E-state index contributed by atoms with van der Waals surface area (Å²) in [6, 6.07) is 0. The Bertz CT molecular complexity index is 401. The number of carbonyl (C=O) groups excluding carboxylic acids is 2. The molecule has 0 saturated carbocycles. The molecule has 33 heavy (non-hydrogen) atoms. The second-order valence-corrected chi connectivity index (χ2v) is 7.68. The molecule has 0 bridgehead atoms. The van der Waals surface area contributed by atoms with Crippen LogP contribution in [0.25, 0.3) is 0 Å². The van der Waals surface area contributed by atoms with Crippen molar-refractivity contribution in [2.24, 2.45) is 0 Å². The molecule has 0 aliphatic rings. The number of amides is 2. The van der Waals surface area contributed by atoms with E-state index in [1.165, 1.54) is 0 Å². The highest BCUT2D eigenvalue weighted by molar-refractivity contribution is 5.76. The van der Waals surface area contributed by atoms with Crippen LogP contribution in [0.2, 0.25) is 0 Å². The van der Waals surface area contributed by atoms with Crippen molar-refractivity contribution < 1.29 is 33.3 Å². The van der Waals surface area contributed by atoms with Gasteiger partial charge in [-0.05, 0) is 12.8 Å². The maximum atomic E-state index is 11.6. The van der Waals surface area contributed by atoms with E-state index in [4.69, 9.17) is 23.7 Å². The summed E-state index contributed by atoms with van der Waals surface area (Å²) >= 11 is 0. The van der Waals surface area contributed by atoms with E-state index in [0.29, 0.717) is 78.9 Å². The molecular weight excluding hydrogens is 428 g/mol. The Morgan fingerprint density at radius 2 is 0.788 bits per heavy atom. The lowest BCUT2D eigenvalue weighted by molar-refractivity contribution is -0.123. The maximum Gasteiger partial charge on any atom is 0.222 e. The van der Waals surface area contributed by atoms with Gasteiger partial charge in [-0.2, -0.15) is 0 Å². The Morgan fingerprint density at radius 1 is 0.485 bits per heavy atom. The molecule has 0 aliphatic heterocycles. The lowest BCUT2D eigenvalue weighted by atomic mass is 10.2. The van der Waals surface area contributed by atoms with Crippen LogP contribution in [0.4, 0.5) is 0 Å².